The van der Waals surface area contributed by atoms with E-state index in [4.69, 9.17) is 9.15 Å². The number of benzene rings is 2. The van der Waals surface area contributed by atoms with Gasteiger partial charge in [0.25, 0.3) is 17.4 Å². The van der Waals surface area contributed by atoms with Gasteiger partial charge in [-0.15, -0.1) is 0 Å². The third-order valence-corrected chi connectivity index (χ3v) is 5.42. The fourth-order valence-electron chi connectivity index (χ4n) is 3.88. The van der Waals surface area contributed by atoms with Gasteiger partial charge in [0.05, 0.1) is 36.0 Å². The summed E-state index contributed by atoms with van der Waals surface area (Å²) in [6.45, 7) is 2.39. The minimum atomic E-state index is -1.05. The highest BCUT2D eigenvalue weighted by Crippen LogP contribution is 2.41. The first kappa shape index (κ1) is 22.8. The minimum Gasteiger partial charge on any atom is -0.507 e. The summed E-state index contributed by atoms with van der Waals surface area (Å²) in [6.07, 6.45) is 2.23. The van der Waals surface area contributed by atoms with Crippen molar-refractivity contribution in [3.05, 3.63) is 99.5 Å². The fourth-order valence-corrected chi connectivity index (χ4v) is 3.88. The van der Waals surface area contributed by atoms with Crippen molar-refractivity contribution < 1.29 is 28.8 Å². The van der Waals surface area contributed by atoms with Crippen LogP contribution in [0.5, 0.6) is 5.75 Å². The first-order chi connectivity index (χ1) is 16.4. The van der Waals surface area contributed by atoms with Crippen molar-refractivity contribution in [1.29, 1.82) is 0 Å². The highest BCUT2D eigenvalue weighted by atomic mass is 16.6. The monoisotopic (exact) mass is 462 g/mol. The van der Waals surface area contributed by atoms with Gasteiger partial charge in [0.1, 0.15) is 17.3 Å². The summed E-state index contributed by atoms with van der Waals surface area (Å²) in [4.78, 5) is 38.2. The number of rotatable bonds is 8. The van der Waals surface area contributed by atoms with Gasteiger partial charge in [0.2, 0.25) is 0 Å². The number of ketones is 1. The lowest BCUT2D eigenvalue weighted by Crippen LogP contribution is -2.29. The summed E-state index contributed by atoms with van der Waals surface area (Å²) >= 11 is 0. The fraction of sp³-hybridized carbons (Fsp3) is 0.200. The smallest absolute Gasteiger partial charge is 0.296 e. The topological polar surface area (TPSA) is 123 Å². The molecule has 1 fully saturated rings. The molecule has 0 saturated carbocycles. The molecular formula is C25H22N2O7. The van der Waals surface area contributed by atoms with E-state index in [0.29, 0.717) is 29.2 Å². The van der Waals surface area contributed by atoms with Crippen LogP contribution in [0.4, 0.5) is 5.69 Å². The molecule has 1 N–H and O–H groups in total. The zero-order valence-electron chi connectivity index (χ0n) is 18.3. The molecule has 1 aromatic heterocycles. The normalized spacial score (nSPS) is 17.2. The van der Waals surface area contributed by atoms with Crippen molar-refractivity contribution >= 4 is 23.1 Å². The molecule has 4 rings (SSSR count). The largest absolute Gasteiger partial charge is 0.507 e. The van der Waals surface area contributed by atoms with Gasteiger partial charge in [0.15, 0.2) is 0 Å². The molecule has 2 heterocycles. The molecular weight excluding hydrogens is 440 g/mol. The summed E-state index contributed by atoms with van der Waals surface area (Å²) in [6, 6.07) is 14.5. The Balaban J connectivity index is 1.85. The van der Waals surface area contributed by atoms with E-state index in [9.17, 15) is 24.8 Å². The van der Waals surface area contributed by atoms with Gasteiger partial charge >= 0.3 is 0 Å². The Labute approximate surface area is 195 Å². The summed E-state index contributed by atoms with van der Waals surface area (Å²) in [5.41, 5.74) is 0.251. The molecule has 3 aromatic rings. The molecule has 0 aliphatic carbocycles. The van der Waals surface area contributed by atoms with Crippen molar-refractivity contribution in [1.82, 2.24) is 4.90 Å². The minimum absolute atomic E-state index is 0.0542. The van der Waals surface area contributed by atoms with E-state index in [1.165, 1.54) is 29.4 Å². The summed E-state index contributed by atoms with van der Waals surface area (Å²) in [5.74, 6) is -1.19. The lowest BCUT2D eigenvalue weighted by molar-refractivity contribution is -0.384. The zero-order chi connectivity index (χ0) is 24.2. The Morgan fingerprint density at radius 2 is 1.94 bits per heavy atom. The van der Waals surface area contributed by atoms with Gasteiger partial charge in [-0.25, -0.2) is 0 Å². The molecule has 34 heavy (non-hydrogen) atoms. The number of ether oxygens (including phenoxy) is 1. The highest BCUT2D eigenvalue weighted by molar-refractivity contribution is 6.46. The molecule has 1 saturated heterocycles. The Morgan fingerprint density at radius 3 is 2.65 bits per heavy atom. The van der Waals surface area contributed by atoms with Gasteiger partial charge in [-0.3, -0.25) is 19.7 Å². The Bertz CT molecular complexity index is 1260. The molecule has 9 heteroatoms. The molecule has 1 aliphatic rings. The van der Waals surface area contributed by atoms with Crippen LogP contribution in [0.15, 0.2) is 76.9 Å². The molecule has 0 radical (unpaired) electrons. The first-order valence-corrected chi connectivity index (χ1v) is 10.7. The number of hydrogen-bond acceptors (Lipinski definition) is 7. The number of amides is 1. The average Bonchev–Trinajstić information content (AvgIpc) is 3.45. The second kappa shape index (κ2) is 9.62. The third kappa shape index (κ3) is 4.40. The van der Waals surface area contributed by atoms with Crippen LogP contribution in [-0.4, -0.2) is 33.2 Å². The van der Waals surface area contributed by atoms with E-state index in [0.717, 1.165) is 6.42 Å². The van der Waals surface area contributed by atoms with Gasteiger partial charge in [-0.1, -0.05) is 31.2 Å². The molecule has 1 amide bonds. The Hall–Kier alpha value is -4.40. The number of aliphatic hydroxyl groups is 1. The second-order valence-corrected chi connectivity index (χ2v) is 7.73. The number of nitro groups is 1. The van der Waals surface area contributed by atoms with E-state index in [1.807, 2.05) is 6.92 Å². The van der Waals surface area contributed by atoms with Crippen LogP contribution in [0.2, 0.25) is 0 Å². The SMILES string of the molecule is CCCOc1cccc(C(O)=C2C(=O)C(=O)N(Cc3ccco3)C2c2cccc([N+](=O)[O-])c2)c1. The maximum Gasteiger partial charge on any atom is 0.296 e. The molecule has 1 atom stereocenters. The van der Waals surface area contributed by atoms with Crippen molar-refractivity contribution in [3.8, 4) is 5.75 Å². The average molecular weight is 462 g/mol. The summed E-state index contributed by atoms with van der Waals surface area (Å²) in [5, 5.41) is 22.5. The van der Waals surface area contributed by atoms with E-state index in [-0.39, 0.29) is 17.8 Å². The van der Waals surface area contributed by atoms with Crippen molar-refractivity contribution in [3.63, 3.8) is 0 Å². The van der Waals surface area contributed by atoms with Gasteiger partial charge < -0.3 is 19.2 Å². The van der Waals surface area contributed by atoms with Crippen molar-refractivity contribution in [2.45, 2.75) is 25.9 Å². The lowest BCUT2D eigenvalue weighted by Gasteiger charge is -2.24. The van der Waals surface area contributed by atoms with E-state index in [1.54, 1.807) is 42.5 Å². The zero-order valence-corrected chi connectivity index (χ0v) is 18.3. The quantitative estimate of drug-likeness (QED) is 0.171. The van der Waals surface area contributed by atoms with Crippen molar-refractivity contribution in [2.75, 3.05) is 6.61 Å². The van der Waals surface area contributed by atoms with E-state index < -0.39 is 28.4 Å². The standard InChI is InChI=1S/C25H22N2O7/c1-2-11-33-19-9-4-7-17(14-19)23(28)21-22(16-6-3-8-18(13-16)27(31)32)26(25(30)24(21)29)15-20-10-5-12-34-20/h3-10,12-14,22,28H,2,11,15H2,1H3. The number of carbonyl (C=O) groups is 2. The highest BCUT2D eigenvalue weighted by Gasteiger charge is 2.46. The lowest BCUT2D eigenvalue weighted by atomic mass is 9.95. The Morgan fingerprint density at radius 1 is 1.15 bits per heavy atom. The number of nitrogens with zero attached hydrogens (tertiary/aromatic N) is 2. The number of aliphatic hydroxyl groups excluding tert-OH is 1. The summed E-state index contributed by atoms with van der Waals surface area (Å²) in [7, 11) is 0. The number of non-ortho nitro benzene ring substituents is 1. The predicted octanol–water partition coefficient (Wildman–Crippen LogP) is 4.60. The maximum atomic E-state index is 13.1. The van der Waals surface area contributed by atoms with Gasteiger partial charge in [-0.2, -0.15) is 0 Å². The van der Waals surface area contributed by atoms with Crippen LogP contribution in [-0.2, 0) is 16.1 Å². The van der Waals surface area contributed by atoms with Crippen LogP contribution >= 0.6 is 0 Å². The number of hydrogen-bond donors (Lipinski definition) is 1. The maximum absolute atomic E-state index is 13.1. The number of nitro benzene ring substituents is 1. The molecule has 9 nitrogen and oxygen atoms in total. The first-order valence-electron chi connectivity index (χ1n) is 10.7. The van der Waals surface area contributed by atoms with E-state index >= 15 is 0 Å². The molecule has 174 valence electrons. The number of furan rings is 1. The molecule has 1 unspecified atom stereocenters. The molecule has 0 spiro atoms. The van der Waals surface area contributed by atoms with Crippen LogP contribution in [0.3, 0.4) is 0 Å². The Kier molecular flexibility index (Phi) is 6.44. The number of Topliss-reactive ketones (excluding diaryl/α,β-unsaturated/α-hetero) is 1. The number of carbonyl (C=O) groups excluding carboxylic acids is 2. The summed E-state index contributed by atoms with van der Waals surface area (Å²) < 4.78 is 11.0. The van der Waals surface area contributed by atoms with E-state index in [2.05, 4.69) is 0 Å². The third-order valence-electron chi connectivity index (χ3n) is 5.42. The van der Waals surface area contributed by atoms with Gasteiger partial charge in [0, 0.05) is 17.7 Å². The second-order valence-electron chi connectivity index (χ2n) is 7.73. The number of likely N-dealkylation sites (tertiary alicyclic amines) is 1. The van der Waals surface area contributed by atoms with Crippen LogP contribution in [0.1, 0.15) is 36.3 Å². The van der Waals surface area contributed by atoms with Gasteiger partial charge in [-0.05, 0) is 36.2 Å². The molecule has 2 aromatic carbocycles. The predicted molar refractivity (Wildman–Crippen MR) is 122 cm³/mol. The van der Waals surface area contributed by atoms with Crippen molar-refractivity contribution in [2.24, 2.45) is 0 Å². The molecule has 1 aliphatic heterocycles. The molecule has 0 bridgehead atoms. The van der Waals surface area contributed by atoms with Crippen LogP contribution < -0.4 is 4.74 Å². The van der Waals surface area contributed by atoms with Crippen LogP contribution in [0.25, 0.3) is 5.76 Å². The van der Waals surface area contributed by atoms with Crippen LogP contribution in [0, 0.1) is 10.1 Å².